The maximum Gasteiger partial charge on any atom is 0.315 e. The molecule has 2 fully saturated rings. The highest BCUT2D eigenvalue weighted by atomic mass is 16.6. The molecular formula is C36H41N9O5. The van der Waals surface area contributed by atoms with Gasteiger partial charge in [-0.1, -0.05) is 66.7 Å². The van der Waals surface area contributed by atoms with Gasteiger partial charge in [-0.15, -0.1) is 0 Å². The summed E-state index contributed by atoms with van der Waals surface area (Å²) in [6, 6.07) is 25.9. The van der Waals surface area contributed by atoms with Gasteiger partial charge >= 0.3 is 6.03 Å². The van der Waals surface area contributed by atoms with E-state index in [0.29, 0.717) is 29.4 Å². The first-order chi connectivity index (χ1) is 24.5. The summed E-state index contributed by atoms with van der Waals surface area (Å²) in [5.41, 5.74) is 3.01. The number of amides is 2. The normalized spacial score (nSPS) is 21.1. The lowest BCUT2D eigenvalue weighted by molar-refractivity contribution is -0.0511. The van der Waals surface area contributed by atoms with Gasteiger partial charge in [0.15, 0.2) is 29.0 Å². The molecule has 2 amide bonds. The number of carbonyl (C=O) groups excluding carboxylic acids is 1. The number of nitrogens with one attached hydrogen (secondary N) is 3. The van der Waals surface area contributed by atoms with Crippen molar-refractivity contribution < 1.29 is 24.9 Å². The lowest BCUT2D eigenvalue weighted by Crippen LogP contribution is -2.48. The monoisotopic (exact) mass is 679 g/mol. The molecule has 14 nitrogen and oxygen atoms in total. The van der Waals surface area contributed by atoms with Crippen LogP contribution < -0.4 is 20.9 Å². The molecule has 6 N–H and O–H groups in total. The van der Waals surface area contributed by atoms with Crippen LogP contribution in [0.1, 0.15) is 41.9 Å². The number of rotatable bonds is 11. The lowest BCUT2D eigenvalue weighted by atomic mass is 9.91. The second-order valence-corrected chi connectivity index (χ2v) is 12.6. The Labute approximate surface area is 289 Å². The average molecular weight is 680 g/mol. The van der Waals surface area contributed by atoms with Gasteiger partial charge in [0.1, 0.15) is 24.1 Å². The molecule has 4 atom stereocenters. The van der Waals surface area contributed by atoms with Gasteiger partial charge in [0, 0.05) is 37.8 Å². The van der Waals surface area contributed by atoms with Gasteiger partial charge in [0.25, 0.3) is 0 Å². The first kappa shape index (κ1) is 33.4. The predicted molar refractivity (Wildman–Crippen MR) is 186 cm³/mol. The molecule has 14 heteroatoms. The average Bonchev–Trinajstić information content (AvgIpc) is 3.71. The summed E-state index contributed by atoms with van der Waals surface area (Å²) < 4.78 is 7.33. The number of benzene rings is 2. The number of pyridine rings is 1. The summed E-state index contributed by atoms with van der Waals surface area (Å²) in [6.45, 7) is 1.61. The number of aromatic nitrogens is 5. The smallest absolute Gasteiger partial charge is 0.315 e. The number of fused-ring (bicyclic) bond motifs is 1. The van der Waals surface area contributed by atoms with Crippen LogP contribution in [0.4, 0.5) is 16.4 Å². The van der Waals surface area contributed by atoms with Crippen molar-refractivity contribution in [3.8, 4) is 0 Å². The molecule has 2 aliphatic heterocycles. The number of anilines is 2. The molecule has 2 saturated heterocycles. The third-order valence-electron chi connectivity index (χ3n) is 9.35. The summed E-state index contributed by atoms with van der Waals surface area (Å²) >= 11 is 0. The van der Waals surface area contributed by atoms with Gasteiger partial charge in [-0.05, 0) is 36.1 Å². The van der Waals surface area contributed by atoms with Crippen LogP contribution in [-0.4, -0.2) is 96.4 Å². The molecule has 0 bridgehead atoms. The molecule has 5 aromatic rings. The summed E-state index contributed by atoms with van der Waals surface area (Å²) in [6.07, 6.45) is 0.194. The molecule has 0 saturated carbocycles. The van der Waals surface area contributed by atoms with Crippen molar-refractivity contribution in [3.63, 3.8) is 0 Å². The van der Waals surface area contributed by atoms with Crippen LogP contribution in [0.25, 0.3) is 11.2 Å². The zero-order chi connectivity index (χ0) is 34.5. The molecule has 0 radical (unpaired) electrons. The Bertz CT molecular complexity index is 1820. The van der Waals surface area contributed by atoms with Crippen LogP contribution in [0, 0.1) is 0 Å². The second kappa shape index (κ2) is 15.2. The van der Waals surface area contributed by atoms with E-state index in [0.717, 1.165) is 42.9 Å². The van der Waals surface area contributed by atoms with Gasteiger partial charge in [-0.2, -0.15) is 0 Å². The minimum absolute atomic E-state index is 0.0110. The molecule has 5 heterocycles. The fraction of sp³-hybridized carbons (Fsp3) is 0.361. The Morgan fingerprint density at radius 1 is 0.900 bits per heavy atom. The fourth-order valence-corrected chi connectivity index (χ4v) is 6.65. The van der Waals surface area contributed by atoms with Crippen molar-refractivity contribution in [1.82, 2.24) is 35.1 Å². The summed E-state index contributed by atoms with van der Waals surface area (Å²) in [4.78, 5) is 33.8. The zero-order valence-electron chi connectivity index (χ0n) is 27.4. The number of piperidine rings is 1. The van der Waals surface area contributed by atoms with Crippen molar-refractivity contribution >= 4 is 28.8 Å². The van der Waals surface area contributed by atoms with Gasteiger partial charge in [-0.3, -0.25) is 4.57 Å². The fourth-order valence-electron chi connectivity index (χ4n) is 6.65. The second-order valence-electron chi connectivity index (χ2n) is 12.6. The van der Waals surface area contributed by atoms with Crippen LogP contribution in [-0.2, 0) is 11.3 Å². The number of nitrogens with zero attached hydrogens (tertiary/aromatic N) is 6. The molecule has 260 valence electrons. The number of carbonyl (C=O) groups is 1. The molecule has 2 aromatic carbocycles. The van der Waals surface area contributed by atoms with Crippen molar-refractivity contribution in [2.75, 3.05) is 36.5 Å². The van der Waals surface area contributed by atoms with E-state index in [2.05, 4.69) is 55.1 Å². The van der Waals surface area contributed by atoms with Gasteiger partial charge in [0.2, 0.25) is 0 Å². The first-order valence-corrected chi connectivity index (χ1v) is 16.9. The molecule has 2 aliphatic rings. The number of imidazole rings is 1. The largest absolute Gasteiger partial charge is 0.394 e. The van der Waals surface area contributed by atoms with Crippen LogP contribution in [0.5, 0.6) is 0 Å². The van der Waals surface area contributed by atoms with Crippen molar-refractivity contribution in [3.05, 3.63) is 108 Å². The molecule has 0 spiro atoms. The zero-order valence-corrected chi connectivity index (χ0v) is 27.4. The predicted octanol–water partition coefficient (Wildman–Crippen LogP) is 2.54. The standard InChI is InChI=1S/C36H41N9O5/c46-21-27-31(47)32(48)35(50-27)45-22-40-30-33(38-19-26(23-9-3-1-4-10-23)24-11-5-2-6-12-24)42-28(43-34(30)45)20-39-36(49)41-25-14-17-44(18-15-25)29-13-7-8-16-37-29/h1-13,16,22,25-27,31-32,35,46-48H,14-15,17-21H2,(H,38,42,43)(H2,39,41,49)/t27-,31-,32-,35-/m1/s1. The third-order valence-corrected chi connectivity index (χ3v) is 9.35. The maximum absolute atomic E-state index is 13.0. The van der Waals surface area contributed by atoms with Crippen molar-refractivity contribution in [2.45, 2.75) is 55.9 Å². The number of ether oxygens (including phenoxy) is 1. The van der Waals surface area contributed by atoms with E-state index in [-0.39, 0.29) is 24.5 Å². The van der Waals surface area contributed by atoms with Crippen molar-refractivity contribution in [1.29, 1.82) is 0 Å². The van der Waals surface area contributed by atoms with E-state index in [9.17, 15) is 20.1 Å². The highest BCUT2D eigenvalue weighted by Crippen LogP contribution is 2.33. The van der Waals surface area contributed by atoms with Crippen LogP contribution in [0.2, 0.25) is 0 Å². The van der Waals surface area contributed by atoms with E-state index in [4.69, 9.17) is 14.7 Å². The third kappa shape index (κ3) is 7.23. The van der Waals surface area contributed by atoms with Crippen LogP contribution in [0.15, 0.2) is 91.4 Å². The number of hydrogen-bond acceptors (Lipinski definition) is 11. The summed E-state index contributed by atoms with van der Waals surface area (Å²) in [5.74, 6) is 1.67. The molecule has 0 unspecified atom stereocenters. The topological polar surface area (TPSA) is 183 Å². The highest BCUT2D eigenvalue weighted by Gasteiger charge is 2.44. The maximum atomic E-state index is 13.0. The van der Waals surface area contributed by atoms with Gasteiger partial charge in [-0.25, -0.2) is 24.7 Å². The molecule has 0 aliphatic carbocycles. The van der Waals surface area contributed by atoms with E-state index in [1.165, 1.54) is 10.9 Å². The molecule has 3 aromatic heterocycles. The molecule has 50 heavy (non-hydrogen) atoms. The van der Waals surface area contributed by atoms with Crippen LogP contribution >= 0.6 is 0 Å². The van der Waals surface area contributed by atoms with E-state index < -0.39 is 31.1 Å². The number of urea groups is 1. The Hall–Kier alpha value is -5.15. The molecule has 7 rings (SSSR count). The van der Waals surface area contributed by atoms with Crippen molar-refractivity contribution in [2.24, 2.45) is 0 Å². The summed E-state index contributed by atoms with van der Waals surface area (Å²) in [7, 11) is 0. The van der Waals surface area contributed by atoms with E-state index in [1.807, 2.05) is 54.6 Å². The minimum atomic E-state index is -1.33. The number of hydrogen-bond donors (Lipinski definition) is 6. The van der Waals surface area contributed by atoms with E-state index >= 15 is 0 Å². The van der Waals surface area contributed by atoms with Gasteiger partial charge < -0.3 is 40.9 Å². The van der Waals surface area contributed by atoms with Gasteiger partial charge in [0.05, 0.1) is 19.5 Å². The highest BCUT2D eigenvalue weighted by molar-refractivity contribution is 5.83. The lowest BCUT2D eigenvalue weighted by Gasteiger charge is -2.33. The quantitative estimate of drug-likeness (QED) is 0.121. The number of aliphatic hydroxyl groups excluding tert-OH is 3. The molecular weight excluding hydrogens is 638 g/mol. The Balaban J connectivity index is 1.10. The summed E-state index contributed by atoms with van der Waals surface area (Å²) in [5, 5.41) is 40.4. The Kier molecular flexibility index (Phi) is 10.1. The Morgan fingerprint density at radius 2 is 1.60 bits per heavy atom. The SMILES string of the molecule is O=C(NCc1nc(NCC(c2ccccc2)c2ccccc2)c2ncn([C@@H]3O[C@H](CO)[C@@H](O)[C@H]3O)c2n1)NC1CCN(c2ccccn2)CC1. The first-order valence-electron chi connectivity index (χ1n) is 16.9. The van der Waals surface area contributed by atoms with E-state index in [1.54, 1.807) is 6.20 Å². The Morgan fingerprint density at radius 3 is 2.24 bits per heavy atom. The number of aliphatic hydroxyl groups is 3. The minimum Gasteiger partial charge on any atom is -0.394 e. The van der Waals surface area contributed by atoms with Crippen LogP contribution in [0.3, 0.4) is 0 Å².